The van der Waals surface area contributed by atoms with Crippen molar-refractivity contribution in [3.8, 4) is 0 Å². The fourth-order valence-corrected chi connectivity index (χ4v) is 1.87. The van der Waals surface area contributed by atoms with Gasteiger partial charge in [-0.05, 0) is 37.9 Å². The molecule has 12 heavy (non-hydrogen) atoms. The Balaban J connectivity index is 2.92. The maximum Gasteiger partial charge on any atom is 0.152 e. The Bertz CT molecular complexity index is 438. The van der Waals surface area contributed by atoms with Gasteiger partial charge in [-0.2, -0.15) is 0 Å². The summed E-state index contributed by atoms with van der Waals surface area (Å²) in [4.78, 5) is 4.06. The zero-order chi connectivity index (χ0) is 8.72. The largest absolute Gasteiger partial charge is 0.290 e. The van der Waals surface area contributed by atoms with Crippen molar-refractivity contribution in [3.63, 3.8) is 0 Å². The molecule has 0 saturated heterocycles. The summed E-state index contributed by atoms with van der Waals surface area (Å²) in [5.41, 5.74) is 0.697. The number of aromatic nitrogens is 2. The lowest BCUT2D eigenvalue weighted by Gasteiger charge is -1.97. The number of rotatable bonds is 0. The van der Waals surface area contributed by atoms with Gasteiger partial charge in [-0.1, -0.05) is 0 Å². The Morgan fingerprint density at radius 3 is 2.92 bits per heavy atom. The van der Waals surface area contributed by atoms with E-state index in [4.69, 9.17) is 0 Å². The molecule has 0 aliphatic heterocycles. The van der Waals surface area contributed by atoms with Crippen LogP contribution < -0.4 is 0 Å². The van der Waals surface area contributed by atoms with Crippen LogP contribution in [-0.2, 0) is 0 Å². The van der Waals surface area contributed by atoms with Crippen molar-refractivity contribution in [1.29, 1.82) is 0 Å². The number of nitrogens with zero attached hydrogens (tertiary/aromatic N) is 2. The monoisotopic (exact) mass is 292 g/mol. The molecule has 0 atom stereocenters. The maximum absolute atomic E-state index is 12.9. The van der Waals surface area contributed by atoms with Crippen LogP contribution in [0.15, 0.2) is 27.5 Å². The molecule has 2 nitrogen and oxygen atoms in total. The van der Waals surface area contributed by atoms with Crippen LogP contribution in [0.3, 0.4) is 0 Å². The Labute approximate surface area is 84.7 Å². The predicted octanol–water partition coefficient (Wildman–Crippen LogP) is 3.00. The highest BCUT2D eigenvalue weighted by molar-refractivity contribution is 9.11. The molecule has 62 valence electrons. The Morgan fingerprint density at radius 1 is 1.42 bits per heavy atom. The topological polar surface area (TPSA) is 17.3 Å². The highest BCUT2D eigenvalue weighted by Gasteiger charge is 2.05. The molecular weight excluding hydrogens is 291 g/mol. The third kappa shape index (κ3) is 1.17. The van der Waals surface area contributed by atoms with Crippen molar-refractivity contribution in [1.82, 2.24) is 9.38 Å². The van der Waals surface area contributed by atoms with Crippen LogP contribution in [-0.4, -0.2) is 9.38 Å². The lowest BCUT2D eigenvalue weighted by Crippen LogP contribution is -1.88. The molecule has 2 aromatic heterocycles. The molecule has 0 bridgehead atoms. The minimum absolute atomic E-state index is 0.298. The van der Waals surface area contributed by atoms with Crippen LogP contribution in [0.4, 0.5) is 4.39 Å². The average Bonchev–Trinajstić information content (AvgIpc) is 2.33. The number of imidazole rings is 1. The van der Waals surface area contributed by atoms with E-state index in [-0.39, 0.29) is 5.82 Å². The molecule has 0 unspecified atom stereocenters. The first kappa shape index (κ1) is 8.19. The first-order valence-corrected chi connectivity index (χ1v) is 4.74. The molecule has 2 aromatic rings. The van der Waals surface area contributed by atoms with Gasteiger partial charge in [-0.3, -0.25) is 4.40 Å². The van der Waals surface area contributed by atoms with Crippen molar-refractivity contribution < 1.29 is 4.39 Å². The number of fused-ring (bicyclic) bond motifs is 1. The van der Waals surface area contributed by atoms with E-state index in [9.17, 15) is 4.39 Å². The predicted molar refractivity (Wildman–Crippen MR) is 50.6 cm³/mol. The highest BCUT2D eigenvalue weighted by atomic mass is 79.9. The lowest BCUT2D eigenvalue weighted by atomic mass is 10.4. The van der Waals surface area contributed by atoms with Crippen molar-refractivity contribution in [2.75, 3.05) is 0 Å². The number of halogens is 3. The average molecular weight is 294 g/mol. The molecule has 2 rings (SSSR count). The molecule has 0 amide bonds. The van der Waals surface area contributed by atoms with Gasteiger partial charge < -0.3 is 0 Å². The molecule has 2 heterocycles. The third-order valence-corrected chi connectivity index (χ3v) is 2.65. The van der Waals surface area contributed by atoms with Crippen LogP contribution in [0.5, 0.6) is 0 Å². The van der Waals surface area contributed by atoms with Gasteiger partial charge in [0.25, 0.3) is 0 Å². The van der Waals surface area contributed by atoms with Crippen LogP contribution in [0.25, 0.3) is 5.65 Å². The molecule has 0 fully saturated rings. The summed E-state index contributed by atoms with van der Waals surface area (Å²) in [5, 5.41) is 0. The summed E-state index contributed by atoms with van der Waals surface area (Å²) in [6, 6.07) is 1.38. The van der Waals surface area contributed by atoms with E-state index in [1.54, 1.807) is 10.6 Å². The molecule has 0 aliphatic carbocycles. The van der Waals surface area contributed by atoms with Gasteiger partial charge in [-0.15, -0.1) is 0 Å². The number of pyridine rings is 1. The van der Waals surface area contributed by atoms with E-state index in [0.717, 1.165) is 4.60 Å². The lowest BCUT2D eigenvalue weighted by molar-refractivity contribution is 0.617. The van der Waals surface area contributed by atoms with E-state index in [0.29, 0.717) is 10.1 Å². The molecule has 0 aliphatic rings. The zero-order valence-corrected chi connectivity index (χ0v) is 8.93. The van der Waals surface area contributed by atoms with Crippen LogP contribution in [0.1, 0.15) is 0 Å². The quantitative estimate of drug-likeness (QED) is 0.730. The van der Waals surface area contributed by atoms with E-state index < -0.39 is 0 Å². The van der Waals surface area contributed by atoms with Crippen molar-refractivity contribution in [2.24, 2.45) is 0 Å². The Morgan fingerprint density at radius 2 is 2.17 bits per heavy atom. The second-order valence-electron chi connectivity index (χ2n) is 2.28. The molecule has 5 heteroatoms. The molecule has 0 saturated carbocycles. The molecule has 0 N–H and O–H groups in total. The molecule has 0 radical (unpaired) electrons. The zero-order valence-electron chi connectivity index (χ0n) is 5.76. The molecule has 0 aromatic carbocycles. The van der Waals surface area contributed by atoms with Crippen molar-refractivity contribution in [3.05, 3.63) is 33.4 Å². The van der Waals surface area contributed by atoms with Gasteiger partial charge in [0.15, 0.2) is 5.65 Å². The standard InChI is InChI=1S/C7H3Br2FN2/c8-5-1-4(10)3-12-6(9)2-11-7(5)12/h1-3H. The van der Waals surface area contributed by atoms with E-state index in [1.807, 2.05) is 0 Å². The fourth-order valence-electron chi connectivity index (χ4n) is 0.986. The van der Waals surface area contributed by atoms with Crippen LogP contribution in [0, 0.1) is 5.82 Å². The van der Waals surface area contributed by atoms with E-state index in [2.05, 4.69) is 36.8 Å². The van der Waals surface area contributed by atoms with Gasteiger partial charge in [0.1, 0.15) is 10.4 Å². The van der Waals surface area contributed by atoms with Crippen molar-refractivity contribution >= 4 is 37.5 Å². The summed E-state index contributed by atoms with van der Waals surface area (Å²) in [6.07, 6.45) is 3.00. The summed E-state index contributed by atoms with van der Waals surface area (Å²) < 4.78 is 15.9. The summed E-state index contributed by atoms with van der Waals surface area (Å²) in [7, 11) is 0. The van der Waals surface area contributed by atoms with Gasteiger partial charge in [0.2, 0.25) is 0 Å². The van der Waals surface area contributed by atoms with Gasteiger partial charge in [0.05, 0.1) is 10.7 Å². The van der Waals surface area contributed by atoms with E-state index in [1.165, 1.54) is 12.3 Å². The second kappa shape index (κ2) is 2.81. The summed E-state index contributed by atoms with van der Waals surface area (Å²) in [6.45, 7) is 0. The third-order valence-electron chi connectivity index (χ3n) is 1.48. The first-order chi connectivity index (χ1) is 5.68. The first-order valence-electron chi connectivity index (χ1n) is 3.16. The Hall–Kier alpha value is -0.420. The SMILES string of the molecule is Fc1cc(Br)c2ncc(Br)n2c1. The van der Waals surface area contributed by atoms with Gasteiger partial charge in [0, 0.05) is 6.20 Å². The summed E-state index contributed by atoms with van der Waals surface area (Å²) in [5.74, 6) is -0.298. The normalized spacial score (nSPS) is 10.9. The van der Waals surface area contributed by atoms with Crippen LogP contribution >= 0.6 is 31.9 Å². The second-order valence-corrected chi connectivity index (χ2v) is 3.95. The van der Waals surface area contributed by atoms with Gasteiger partial charge in [-0.25, -0.2) is 9.37 Å². The van der Waals surface area contributed by atoms with Crippen molar-refractivity contribution in [2.45, 2.75) is 0 Å². The van der Waals surface area contributed by atoms with Gasteiger partial charge >= 0.3 is 0 Å². The summed E-state index contributed by atoms with van der Waals surface area (Å²) >= 11 is 6.46. The highest BCUT2D eigenvalue weighted by Crippen LogP contribution is 2.21. The van der Waals surface area contributed by atoms with E-state index >= 15 is 0 Å². The number of hydrogen-bond acceptors (Lipinski definition) is 1. The molecule has 0 spiro atoms. The smallest absolute Gasteiger partial charge is 0.152 e. The van der Waals surface area contributed by atoms with Crippen LogP contribution in [0.2, 0.25) is 0 Å². The maximum atomic E-state index is 12.9. The minimum atomic E-state index is -0.298. The molecular formula is C7H3Br2FN2. The Kier molecular flexibility index (Phi) is 1.92. The number of hydrogen-bond donors (Lipinski definition) is 0. The minimum Gasteiger partial charge on any atom is -0.290 e. The fraction of sp³-hybridized carbons (Fsp3) is 0.